The van der Waals surface area contributed by atoms with Gasteiger partial charge in [0, 0.05) is 13.2 Å². The van der Waals surface area contributed by atoms with Crippen LogP contribution >= 0.6 is 11.6 Å². The van der Waals surface area contributed by atoms with Crippen molar-refractivity contribution in [2.75, 3.05) is 19.0 Å². The van der Waals surface area contributed by atoms with Gasteiger partial charge in [-0.15, -0.1) is 0 Å². The Morgan fingerprint density at radius 3 is 2.88 bits per heavy atom. The van der Waals surface area contributed by atoms with Crippen LogP contribution in [0.5, 0.6) is 0 Å². The maximum absolute atomic E-state index is 9.20. The first kappa shape index (κ1) is 11.6. The molecular formula is C10H14ClN3O2. The summed E-state index contributed by atoms with van der Waals surface area (Å²) in [5.74, 6) is 1.17. The molecule has 0 atom stereocenters. The Morgan fingerprint density at radius 2 is 2.31 bits per heavy atom. The third-order valence-electron chi connectivity index (χ3n) is 2.56. The predicted octanol–water partition coefficient (Wildman–Crippen LogP) is 1.21. The lowest BCUT2D eigenvalue weighted by Gasteiger charge is -2.15. The van der Waals surface area contributed by atoms with E-state index in [1.54, 1.807) is 13.2 Å². The lowest BCUT2D eigenvalue weighted by atomic mass is 10.3. The summed E-state index contributed by atoms with van der Waals surface area (Å²) in [5.41, 5.74) is -0.206. The molecule has 2 rings (SSSR count). The highest BCUT2D eigenvalue weighted by molar-refractivity contribution is 6.29. The zero-order chi connectivity index (χ0) is 11.6. The van der Waals surface area contributed by atoms with Gasteiger partial charge < -0.3 is 15.2 Å². The zero-order valence-electron chi connectivity index (χ0n) is 9.03. The van der Waals surface area contributed by atoms with Crippen molar-refractivity contribution in [3.05, 3.63) is 17.0 Å². The number of aromatic nitrogens is 2. The number of ether oxygens (including phenoxy) is 1. The number of halogens is 1. The summed E-state index contributed by atoms with van der Waals surface area (Å²) >= 11 is 5.87. The van der Waals surface area contributed by atoms with Gasteiger partial charge in [-0.1, -0.05) is 11.6 Å². The van der Waals surface area contributed by atoms with Crippen molar-refractivity contribution in [1.29, 1.82) is 0 Å². The average molecular weight is 244 g/mol. The van der Waals surface area contributed by atoms with Crippen molar-refractivity contribution in [3.63, 3.8) is 0 Å². The molecular weight excluding hydrogens is 230 g/mol. The molecule has 0 aromatic carbocycles. The number of rotatable bonds is 5. The Bertz CT molecular complexity index is 382. The highest BCUT2D eigenvalue weighted by Crippen LogP contribution is 2.38. The van der Waals surface area contributed by atoms with E-state index in [4.69, 9.17) is 16.3 Å². The molecule has 1 heterocycles. The Hall–Kier alpha value is -0.910. The first-order chi connectivity index (χ1) is 7.67. The number of nitrogens with zero attached hydrogens (tertiary/aromatic N) is 2. The van der Waals surface area contributed by atoms with Crippen molar-refractivity contribution in [1.82, 2.24) is 9.97 Å². The summed E-state index contributed by atoms with van der Waals surface area (Å²) in [5, 5.41) is 12.7. The van der Waals surface area contributed by atoms with E-state index in [1.807, 2.05) is 0 Å². The third-order valence-corrected chi connectivity index (χ3v) is 2.76. The van der Waals surface area contributed by atoms with E-state index >= 15 is 0 Å². The molecule has 2 N–H and O–H groups in total. The van der Waals surface area contributed by atoms with Crippen LogP contribution in [0.15, 0.2) is 6.07 Å². The number of aliphatic hydroxyl groups is 1. The fraction of sp³-hybridized carbons (Fsp3) is 0.600. The molecule has 0 aliphatic heterocycles. The zero-order valence-corrected chi connectivity index (χ0v) is 9.79. The molecule has 0 radical (unpaired) electrons. The minimum atomic E-state index is -0.206. The number of nitrogens with one attached hydrogen (secondary N) is 1. The molecule has 1 aliphatic rings. The molecule has 5 nitrogen and oxygen atoms in total. The third kappa shape index (κ3) is 2.61. The maximum atomic E-state index is 9.20. The van der Waals surface area contributed by atoms with Crippen molar-refractivity contribution < 1.29 is 9.84 Å². The van der Waals surface area contributed by atoms with Gasteiger partial charge >= 0.3 is 0 Å². The molecule has 1 aliphatic carbocycles. The second-order valence-electron chi connectivity index (χ2n) is 3.99. The highest BCUT2D eigenvalue weighted by atomic mass is 35.5. The minimum Gasteiger partial charge on any atom is -0.394 e. The molecule has 1 aromatic rings. The number of methoxy groups -OCH3 is 1. The van der Waals surface area contributed by atoms with E-state index in [0.29, 0.717) is 23.4 Å². The largest absolute Gasteiger partial charge is 0.394 e. The van der Waals surface area contributed by atoms with Crippen molar-refractivity contribution >= 4 is 17.4 Å². The van der Waals surface area contributed by atoms with Crippen LogP contribution in [0.4, 0.5) is 5.82 Å². The van der Waals surface area contributed by atoms with E-state index in [-0.39, 0.29) is 12.1 Å². The summed E-state index contributed by atoms with van der Waals surface area (Å²) in [4.78, 5) is 8.28. The SMILES string of the molecule is COCc1nc(Cl)cc(NC2(CO)CC2)n1. The van der Waals surface area contributed by atoms with Gasteiger partial charge in [-0.25, -0.2) is 9.97 Å². The van der Waals surface area contributed by atoms with E-state index in [0.717, 1.165) is 12.8 Å². The summed E-state index contributed by atoms with van der Waals surface area (Å²) in [6, 6.07) is 1.65. The van der Waals surface area contributed by atoms with Crippen LogP contribution in [-0.2, 0) is 11.3 Å². The Kier molecular flexibility index (Phi) is 3.28. The quantitative estimate of drug-likeness (QED) is 0.761. The molecule has 0 saturated heterocycles. The molecule has 0 spiro atoms. The van der Waals surface area contributed by atoms with Gasteiger partial charge in [0.2, 0.25) is 0 Å². The topological polar surface area (TPSA) is 67.3 Å². The monoisotopic (exact) mass is 243 g/mol. The summed E-state index contributed by atoms with van der Waals surface area (Å²) in [6.45, 7) is 0.426. The second kappa shape index (κ2) is 4.53. The number of hydrogen-bond donors (Lipinski definition) is 2. The maximum Gasteiger partial charge on any atom is 0.158 e. The van der Waals surface area contributed by atoms with Crippen LogP contribution in [0.2, 0.25) is 5.15 Å². The van der Waals surface area contributed by atoms with Gasteiger partial charge in [0.05, 0.1) is 12.1 Å². The van der Waals surface area contributed by atoms with Gasteiger partial charge in [-0.2, -0.15) is 0 Å². The molecule has 0 unspecified atom stereocenters. The van der Waals surface area contributed by atoms with Gasteiger partial charge in [-0.05, 0) is 12.8 Å². The van der Waals surface area contributed by atoms with Crippen molar-refractivity contribution in [2.24, 2.45) is 0 Å². The molecule has 1 aromatic heterocycles. The van der Waals surface area contributed by atoms with Crippen molar-refractivity contribution in [2.45, 2.75) is 25.0 Å². The molecule has 0 bridgehead atoms. The van der Waals surface area contributed by atoms with Crippen LogP contribution in [0.25, 0.3) is 0 Å². The van der Waals surface area contributed by atoms with Crippen molar-refractivity contribution in [3.8, 4) is 0 Å². The van der Waals surface area contributed by atoms with Gasteiger partial charge in [0.15, 0.2) is 5.82 Å². The molecule has 88 valence electrons. The number of aliphatic hydroxyl groups excluding tert-OH is 1. The molecule has 16 heavy (non-hydrogen) atoms. The summed E-state index contributed by atoms with van der Waals surface area (Å²) < 4.78 is 4.95. The number of anilines is 1. The normalized spacial score (nSPS) is 17.2. The Morgan fingerprint density at radius 1 is 1.56 bits per heavy atom. The van der Waals surface area contributed by atoms with Crippen LogP contribution in [0, 0.1) is 0 Å². The molecule has 6 heteroatoms. The smallest absolute Gasteiger partial charge is 0.158 e. The van der Waals surface area contributed by atoms with E-state index < -0.39 is 0 Å². The Balaban J connectivity index is 2.14. The summed E-state index contributed by atoms with van der Waals surface area (Å²) in [7, 11) is 1.58. The second-order valence-corrected chi connectivity index (χ2v) is 4.38. The van der Waals surface area contributed by atoms with Crippen LogP contribution in [0.1, 0.15) is 18.7 Å². The van der Waals surface area contributed by atoms with E-state index in [1.165, 1.54) is 0 Å². The molecule has 1 fully saturated rings. The van der Waals surface area contributed by atoms with Crippen LogP contribution < -0.4 is 5.32 Å². The van der Waals surface area contributed by atoms with Gasteiger partial charge in [-0.3, -0.25) is 0 Å². The first-order valence-corrected chi connectivity index (χ1v) is 5.47. The van der Waals surface area contributed by atoms with Gasteiger partial charge in [0.1, 0.15) is 17.6 Å². The molecule has 1 saturated carbocycles. The van der Waals surface area contributed by atoms with Crippen LogP contribution in [-0.4, -0.2) is 34.3 Å². The van der Waals surface area contributed by atoms with E-state index in [2.05, 4.69) is 15.3 Å². The van der Waals surface area contributed by atoms with Crippen LogP contribution in [0.3, 0.4) is 0 Å². The van der Waals surface area contributed by atoms with E-state index in [9.17, 15) is 5.11 Å². The Labute approximate surface area is 98.8 Å². The first-order valence-electron chi connectivity index (χ1n) is 5.09. The fourth-order valence-electron chi connectivity index (χ4n) is 1.47. The average Bonchev–Trinajstić information content (AvgIpc) is 2.98. The number of hydrogen-bond acceptors (Lipinski definition) is 5. The lowest BCUT2D eigenvalue weighted by molar-refractivity contribution is 0.178. The molecule has 0 amide bonds. The fourth-order valence-corrected chi connectivity index (χ4v) is 1.67. The highest BCUT2D eigenvalue weighted by Gasteiger charge is 2.42. The lowest BCUT2D eigenvalue weighted by Crippen LogP contribution is -2.26. The minimum absolute atomic E-state index is 0.105. The van der Waals surface area contributed by atoms with Gasteiger partial charge in [0.25, 0.3) is 0 Å². The predicted molar refractivity (Wildman–Crippen MR) is 60.4 cm³/mol. The standard InChI is InChI=1S/C10H14ClN3O2/c1-16-5-9-12-7(11)4-8(13-9)14-10(6-15)2-3-10/h4,15H,2-3,5-6H2,1H3,(H,12,13,14). The summed E-state index contributed by atoms with van der Waals surface area (Å²) in [6.07, 6.45) is 1.90.